The highest BCUT2D eigenvalue weighted by molar-refractivity contribution is 6.29. The van der Waals surface area contributed by atoms with Crippen molar-refractivity contribution in [1.29, 1.82) is 0 Å². The Hall–Kier alpha value is -3.14. The zero-order valence-corrected chi connectivity index (χ0v) is 14.1. The van der Waals surface area contributed by atoms with Crippen LogP contribution < -0.4 is 0 Å². The van der Waals surface area contributed by atoms with Gasteiger partial charge in [-0.1, -0.05) is 60.7 Å². The molecule has 0 spiro atoms. The molecule has 3 rings (SSSR count). The minimum Gasteiger partial charge on any atom is -0.469 e. The number of carbonyl (C=O) groups excluding carboxylic acids is 2. The Morgan fingerprint density at radius 1 is 0.760 bits per heavy atom. The quantitative estimate of drug-likeness (QED) is 0.619. The van der Waals surface area contributed by atoms with Gasteiger partial charge in [-0.15, -0.1) is 0 Å². The number of methoxy groups -OCH3 is 2. The van der Waals surface area contributed by atoms with Gasteiger partial charge in [0.15, 0.2) is 0 Å². The third-order valence-corrected chi connectivity index (χ3v) is 4.09. The Morgan fingerprint density at radius 3 is 1.64 bits per heavy atom. The van der Waals surface area contributed by atoms with Crippen LogP contribution in [0.2, 0.25) is 0 Å². The van der Waals surface area contributed by atoms with Gasteiger partial charge in [0.1, 0.15) is 0 Å². The average Bonchev–Trinajstić information content (AvgIpc) is 3.42. The zero-order valence-electron chi connectivity index (χ0n) is 14.1. The summed E-state index contributed by atoms with van der Waals surface area (Å²) in [6.45, 7) is 0. The summed E-state index contributed by atoms with van der Waals surface area (Å²) in [5, 5.41) is 0. The molecule has 1 aliphatic carbocycles. The molecule has 0 unspecified atom stereocenters. The number of allylic oxidation sites excluding steroid dienone is 3. The fraction of sp³-hybridized carbons (Fsp3) is 0.143. The number of rotatable bonds is 5. The molecular formula is C21H18O4. The van der Waals surface area contributed by atoms with Crippen molar-refractivity contribution in [3.8, 4) is 0 Å². The van der Waals surface area contributed by atoms with Crippen molar-refractivity contribution in [2.45, 2.75) is 6.42 Å². The Bertz CT molecular complexity index is 810. The van der Waals surface area contributed by atoms with Gasteiger partial charge >= 0.3 is 11.9 Å². The van der Waals surface area contributed by atoms with Crippen LogP contribution in [0.25, 0.3) is 11.1 Å². The maximum absolute atomic E-state index is 12.3. The van der Waals surface area contributed by atoms with Crippen molar-refractivity contribution in [2.75, 3.05) is 14.2 Å². The first-order chi connectivity index (χ1) is 12.2. The standard InChI is InChI=1S/C21H18O4/c1-24-17(22)13-16(21(23)25-2)20-18(14-9-5-3-6-10-14)19(20)15-11-7-4-8-12-15/h3-12H,13H2,1-2H3. The first-order valence-electron chi connectivity index (χ1n) is 7.91. The largest absolute Gasteiger partial charge is 0.469 e. The number of benzene rings is 2. The van der Waals surface area contributed by atoms with Crippen molar-refractivity contribution in [3.63, 3.8) is 0 Å². The average molecular weight is 334 g/mol. The summed E-state index contributed by atoms with van der Waals surface area (Å²) < 4.78 is 9.63. The molecule has 0 atom stereocenters. The van der Waals surface area contributed by atoms with Gasteiger partial charge in [0.25, 0.3) is 0 Å². The fourth-order valence-corrected chi connectivity index (χ4v) is 2.88. The van der Waals surface area contributed by atoms with Crippen molar-refractivity contribution in [2.24, 2.45) is 0 Å². The topological polar surface area (TPSA) is 52.6 Å². The molecule has 4 heteroatoms. The summed E-state index contributed by atoms with van der Waals surface area (Å²) in [6, 6.07) is 19.6. The normalized spacial score (nSPS) is 12.6. The van der Waals surface area contributed by atoms with E-state index in [0.717, 1.165) is 27.8 Å². The number of esters is 2. The predicted octanol–water partition coefficient (Wildman–Crippen LogP) is 3.64. The maximum Gasteiger partial charge on any atom is 0.334 e. The Balaban J connectivity index is 2.13. The smallest absolute Gasteiger partial charge is 0.334 e. The predicted molar refractivity (Wildman–Crippen MR) is 95.4 cm³/mol. The highest BCUT2D eigenvalue weighted by Crippen LogP contribution is 2.54. The molecule has 25 heavy (non-hydrogen) atoms. The third-order valence-electron chi connectivity index (χ3n) is 4.09. The SMILES string of the molecule is COC(=O)CC(C(=O)OC)=C1C(c2ccccc2)=C1c1ccccc1. The maximum atomic E-state index is 12.3. The third kappa shape index (κ3) is 3.38. The molecule has 2 aromatic rings. The van der Waals surface area contributed by atoms with E-state index in [0.29, 0.717) is 5.57 Å². The van der Waals surface area contributed by atoms with Crippen LogP contribution in [0.3, 0.4) is 0 Å². The van der Waals surface area contributed by atoms with Crippen LogP contribution in [0, 0.1) is 0 Å². The van der Waals surface area contributed by atoms with Crippen LogP contribution >= 0.6 is 0 Å². The summed E-state index contributed by atoms with van der Waals surface area (Å²) in [4.78, 5) is 24.1. The highest BCUT2D eigenvalue weighted by Gasteiger charge is 2.37. The minimum absolute atomic E-state index is 0.120. The zero-order chi connectivity index (χ0) is 17.8. The van der Waals surface area contributed by atoms with Crippen LogP contribution in [0.1, 0.15) is 17.5 Å². The van der Waals surface area contributed by atoms with Gasteiger partial charge in [-0.25, -0.2) is 4.79 Å². The molecule has 0 radical (unpaired) electrons. The molecule has 0 saturated heterocycles. The molecule has 0 aromatic heterocycles. The van der Waals surface area contributed by atoms with Gasteiger partial charge in [-0.2, -0.15) is 0 Å². The van der Waals surface area contributed by atoms with Crippen LogP contribution in [0.5, 0.6) is 0 Å². The molecule has 0 heterocycles. The van der Waals surface area contributed by atoms with Crippen LogP contribution in [0.4, 0.5) is 0 Å². The van der Waals surface area contributed by atoms with E-state index in [2.05, 4.69) is 0 Å². The number of carbonyl (C=O) groups is 2. The van der Waals surface area contributed by atoms with Gasteiger partial charge in [0.05, 0.1) is 26.2 Å². The Labute approximate surface area is 146 Å². The highest BCUT2D eigenvalue weighted by atomic mass is 16.5. The van der Waals surface area contributed by atoms with E-state index in [1.807, 2.05) is 60.7 Å². The fourth-order valence-electron chi connectivity index (χ4n) is 2.88. The summed E-state index contributed by atoms with van der Waals surface area (Å²) in [5.74, 6) is -0.987. The van der Waals surface area contributed by atoms with Gasteiger partial charge in [0, 0.05) is 5.57 Å². The van der Waals surface area contributed by atoms with Gasteiger partial charge in [-0.05, 0) is 22.3 Å². The molecule has 1 aliphatic rings. The molecule has 2 aromatic carbocycles. The van der Waals surface area contributed by atoms with E-state index in [1.54, 1.807) is 0 Å². The van der Waals surface area contributed by atoms with Crippen molar-refractivity contribution in [3.05, 3.63) is 82.9 Å². The van der Waals surface area contributed by atoms with Gasteiger partial charge in [0.2, 0.25) is 0 Å². The Morgan fingerprint density at radius 2 is 1.24 bits per heavy atom. The van der Waals surface area contributed by atoms with Gasteiger partial charge in [-0.3, -0.25) is 4.79 Å². The lowest BCUT2D eigenvalue weighted by Gasteiger charge is -2.05. The second-order valence-electron chi connectivity index (χ2n) is 5.58. The summed E-state index contributed by atoms with van der Waals surface area (Å²) in [6.07, 6.45) is -0.120. The molecule has 0 N–H and O–H groups in total. The molecular weight excluding hydrogens is 316 g/mol. The first-order valence-corrected chi connectivity index (χ1v) is 7.91. The van der Waals surface area contributed by atoms with Crippen LogP contribution in [-0.2, 0) is 19.1 Å². The molecule has 0 bridgehead atoms. The number of ether oxygens (including phenoxy) is 2. The lowest BCUT2D eigenvalue weighted by Crippen LogP contribution is -2.11. The number of hydrogen-bond acceptors (Lipinski definition) is 4. The minimum atomic E-state index is -0.514. The molecule has 0 aliphatic heterocycles. The second kappa shape index (κ2) is 7.18. The molecule has 126 valence electrons. The van der Waals surface area contributed by atoms with Crippen molar-refractivity contribution >= 4 is 23.1 Å². The van der Waals surface area contributed by atoms with Crippen molar-refractivity contribution in [1.82, 2.24) is 0 Å². The lowest BCUT2D eigenvalue weighted by molar-refractivity contribution is -0.143. The second-order valence-corrected chi connectivity index (χ2v) is 5.58. The van der Waals surface area contributed by atoms with E-state index in [1.165, 1.54) is 14.2 Å². The Kier molecular flexibility index (Phi) is 4.80. The number of hydrogen-bond donors (Lipinski definition) is 0. The van der Waals surface area contributed by atoms with E-state index < -0.39 is 11.9 Å². The van der Waals surface area contributed by atoms with Crippen LogP contribution in [0.15, 0.2) is 71.8 Å². The molecule has 0 saturated carbocycles. The van der Waals surface area contributed by atoms with E-state index in [4.69, 9.17) is 9.47 Å². The lowest BCUT2D eigenvalue weighted by atomic mass is 10.1. The van der Waals surface area contributed by atoms with E-state index >= 15 is 0 Å². The molecule has 4 nitrogen and oxygen atoms in total. The van der Waals surface area contributed by atoms with E-state index in [-0.39, 0.29) is 6.42 Å². The van der Waals surface area contributed by atoms with Crippen LogP contribution in [-0.4, -0.2) is 26.2 Å². The summed E-state index contributed by atoms with van der Waals surface area (Å²) >= 11 is 0. The summed E-state index contributed by atoms with van der Waals surface area (Å²) in [7, 11) is 2.62. The monoisotopic (exact) mass is 334 g/mol. The summed E-state index contributed by atoms with van der Waals surface area (Å²) in [5.41, 5.74) is 5.04. The molecule has 0 amide bonds. The first kappa shape index (κ1) is 16.7. The molecule has 0 fully saturated rings. The van der Waals surface area contributed by atoms with E-state index in [9.17, 15) is 9.59 Å². The van der Waals surface area contributed by atoms with Crippen molar-refractivity contribution < 1.29 is 19.1 Å². The van der Waals surface area contributed by atoms with Gasteiger partial charge < -0.3 is 9.47 Å².